The van der Waals surface area contributed by atoms with Crippen LogP contribution in [0, 0.1) is 17.4 Å². The summed E-state index contributed by atoms with van der Waals surface area (Å²) in [6.45, 7) is 0.419. The number of nitrogens with two attached hydrogens (primary N) is 1. The number of nitrogens with zero attached hydrogens (tertiary/aromatic N) is 5. The van der Waals surface area contributed by atoms with Crippen LogP contribution in [0.3, 0.4) is 0 Å². The summed E-state index contributed by atoms with van der Waals surface area (Å²) < 4.78 is 63.7. The number of hydrogen-bond acceptors (Lipinski definition) is 6. The Morgan fingerprint density at radius 1 is 1.14 bits per heavy atom. The second-order valence-electron chi connectivity index (χ2n) is 8.54. The topological polar surface area (TPSA) is 125 Å². The van der Waals surface area contributed by atoms with Crippen molar-refractivity contribution in [1.82, 2.24) is 9.45 Å². The number of anilines is 1. The molecule has 1 aliphatic carbocycles. The predicted octanol–water partition coefficient (Wildman–Crippen LogP) is 3.95. The lowest BCUT2D eigenvalue weighted by Crippen LogP contribution is -2.39. The number of sulfonamides is 1. The maximum absolute atomic E-state index is 12.8. The van der Waals surface area contributed by atoms with E-state index in [2.05, 4.69) is 9.98 Å². The average Bonchev–Trinajstić information content (AvgIpc) is 2.80. The van der Waals surface area contributed by atoms with E-state index in [1.54, 1.807) is 35.6 Å². The molecular formula is C22H33F3N6O3S. The van der Waals surface area contributed by atoms with Crippen LogP contribution in [0.2, 0.25) is 0 Å². The summed E-state index contributed by atoms with van der Waals surface area (Å²) in [5.41, 5.74) is 6.60. The molecule has 0 radical (unpaired) electrons. The summed E-state index contributed by atoms with van der Waals surface area (Å²) >= 11 is 0. The van der Waals surface area contributed by atoms with Gasteiger partial charge in [0.15, 0.2) is 5.75 Å². The summed E-state index contributed by atoms with van der Waals surface area (Å²) in [5, 5.41) is 8.80. The normalized spacial score (nSPS) is 15.8. The second kappa shape index (κ2) is 14.2. The molecule has 0 amide bonds. The molecule has 1 aliphatic rings. The highest BCUT2D eigenvalue weighted by Crippen LogP contribution is 2.26. The Balaban J connectivity index is 1.87. The quantitative estimate of drug-likeness (QED) is 0.138. The molecule has 0 atom stereocenters. The highest BCUT2D eigenvalue weighted by atomic mass is 32.2. The summed E-state index contributed by atoms with van der Waals surface area (Å²) in [6, 6.07) is 3.46. The maximum Gasteiger partial charge on any atom is 0.404 e. The van der Waals surface area contributed by atoms with Crippen LogP contribution in [0.4, 0.5) is 18.9 Å². The van der Waals surface area contributed by atoms with Crippen molar-refractivity contribution in [3.63, 3.8) is 0 Å². The predicted molar refractivity (Wildman–Crippen MR) is 126 cm³/mol. The van der Waals surface area contributed by atoms with E-state index in [9.17, 15) is 21.6 Å². The van der Waals surface area contributed by atoms with Crippen LogP contribution in [-0.4, -0.2) is 55.5 Å². The zero-order chi connectivity index (χ0) is 25.7. The van der Waals surface area contributed by atoms with Crippen molar-refractivity contribution < 1.29 is 26.4 Å². The van der Waals surface area contributed by atoms with Crippen molar-refractivity contribution in [2.45, 2.75) is 64.0 Å². The van der Waals surface area contributed by atoms with Crippen LogP contribution < -0.4 is 10.6 Å². The molecule has 1 aromatic rings. The van der Waals surface area contributed by atoms with E-state index >= 15 is 0 Å². The van der Waals surface area contributed by atoms with Gasteiger partial charge in [-0.2, -0.15) is 18.4 Å². The number of guanidine groups is 1. The molecular weight excluding hydrogens is 485 g/mol. The second-order valence-corrected chi connectivity index (χ2v) is 10.4. The molecule has 2 rings (SSSR count). The van der Waals surface area contributed by atoms with Gasteiger partial charge in [0.1, 0.15) is 0 Å². The first-order chi connectivity index (χ1) is 16.6. The first kappa shape index (κ1) is 28.8. The van der Waals surface area contributed by atoms with E-state index in [4.69, 9.17) is 15.8 Å². The lowest BCUT2D eigenvalue weighted by atomic mass is 9.90. The summed E-state index contributed by atoms with van der Waals surface area (Å²) in [7, 11) is -4.63. The van der Waals surface area contributed by atoms with Gasteiger partial charge < -0.3 is 10.6 Å². The number of unbranched alkanes of at least 4 members (excludes halogenated alkanes) is 3. The van der Waals surface area contributed by atoms with Crippen molar-refractivity contribution >= 4 is 21.7 Å². The third-order valence-corrected chi connectivity index (χ3v) is 7.32. The monoisotopic (exact) mass is 518 g/mol. The Kier molecular flexibility index (Phi) is 11.7. The van der Waals surface area contributed by atoms with Gasteiger partial charge in [-0.25, -0.2) is 8.42 Å². The van der Waals surface area contributed by atoms with Crippen LogP contribution in [-0.2, 0) is 14.9 Å². The van der Waals surface area contributed by atoms with E-state index in [-0.39, 0.29) is 25.0 Å². The van der Waals surface area contributed by atoms with Crippen molar-refractivity contribution in [3.8, 4) is 6.19 Å². The van der Waals surface area contributed by atoms with E-state index in [1.807, 2.05) is 0 Å². The molecule has 1 saturated carbocycles. The first-order valence-electron chi connectivity index (χ1n) is 11.7. The number of hydrogen-bond donors (Lipinski definition) is 1. The first-order valence-corrected chi connectivity index (χ1v) is 13.3. The molecule has 0 bridgehead atoms. The largest absolute Gasteiger partial charge is 0.404 e. The SMILES string of the molecule is N#CN=C(N)N(CCCCCCN(OCC1CCCCC1)S(=O)(=O)CC(F)(F)F)c1ccncc1. The molecule has 1 heterocycles. The van der Waals surface area contributed by atoms with Gasteiger partial charge in [-0.05, 0) is 43.7 Å². The van der Waals surface area contributed by atoms with Crippen LogP contribution in [0.5, 0.6) is 0 Å². The summed E-state index contributed by atoms with van der Waals surface area (Å²) in [5.74, 6) is -1.74. The molecule has 35 heavy (non-hydrogen) atoms. The minimum absolute atomic E-state index is 0.0410. The molecule has 9 nitrogen and oxygen atoms in total. The fourth-order valence-electron chi connectivity index (χ4n) is 3.98. The molecule has 0 aliphatic heterocycles. The van der Waals surface area contributed by atoms with Crippen molar-refractivity contribution in [1.29, 1.82) is 5.26 Å². The summed E-state index contributed by atoms with van der Waals surface area (Å²) in [6.07, 6.45) is 7.14. The molecule has 1 fully saturated rings. The molecule has 0 unspecified atom stereocenters. The van der Waals surface area contributed by atoms with E-state index < -0.39 is 22.0 Å². The van der Waals surface area contributed by atoms with Gasteiger partial charge in [0.05, 0.1) is 6.61 Å². The fourth-order valence-corrected chi connectivity index (χ4v) is 5.17. The number of aliphatic imine (C=N–C) groups is 1. The van der Waals surface area contributed by atoms with Gasteiger partial charge in [-0.1, -0.05) is 36.6 Å². The molecule has 196 valence electrons. The summed E-state index contributed by atoms with van der Waals surface area (Å²) in [4.78, 5) is 14.6. The number of alkyl halides is 3. The zero-order valence-corrected chi connectivity index (χ0v) is 20.5. The average molecular weight is 519 g/mol. The number of pyridine rings is 1. The van der Waals surface area contributed by atoms with E-state index in [0.717, 1.165) is 37.8 Å². The van der Waals surface area contributed by atoms with Crippen molar-refractivity contribution in [2.75, 3.05) is 30.3 Å². The van der Waals surface area contributed by atoms with Crippen LogP contribution in [0.25, 0.3) is 0 Å². The van der Waals surface area contributed by atoms with Gasteiger partial charge in [0.25, 0.3) is 0 Å². The van der Waals surface area contributed by atoms with E-state index in [1.165, 1.54) is 0 Å². The third-order valence-electron chi connectivity index (χ3n) is 5.72. The van der Waals surface area contributed by atoms with E-state index in [0.29, 0.717) is 36.7 Å². The van der Waals surface area contributed by atoms with Gasteiger partial charge >= 0.3 is 6.18 Å². The minimum atomic E-state index is -4.84. The fraction of sp³-hybridized carbons (Fsp3) is 0.682. The lowest BCUT2D eigenvalue weighted by Gasteiger charge is -2.26. The zero-order valence-electron chi connectivity index (χ0n) is 19.7. The Morgan fingerprint density at radius 3 is 2.37 bits per heavy atom. The Hall–Kier alpha value is -2.43. The molecule has 0 saturated heterocycles. The Morgan fingerprint density at radius 2 is 1.77 bits per heavy atom. The van der Waals surface area contributed by atoms with Gasteiger partial charge in [0, 0.05) is 31.2 Å². The maximum atomic E-state index is 12.8. The smallest absolute Gasteiger partial charge is 0.369 e. The number of rotatable bonds is 13. The lowest BCUT2D eigenvalue weighted by molar-refractivity contribution is -0.121. The van der Waals surface area contributed by atoms with Gasteiger partial charge in [-0.15, -0.1) is 4.99 Å². The van der Waals surface area contributed by atoms with Crippen LogP contribution in [0.1, 0.15) is 57.8 Å². The highest BCUT2D eigenvalue weighted by Gasteiger charge is 2.39. The standard InChI is InChI=1S/C22H33F3N6O3S/c23-22(24,25)17-35(32,33)31(34-16-19-8-4-3-5-9-19)15-7-2-1-6-14-30(21(27)29-18-26)20-10-12-28-13-11-20/h10-13,19H,1-9,14-17H2,(H2,27,29). The number of aromatic nitrogens is 1. The number of hydroxylamine groups is 1. The Labute approximate surface area is 204 Å². The number of nitriles is 1. The van der Waals surface area contributed by atoms with Crippen molar-refractivity contribution in [3.05, 3.63) is 24.5 Å². The van der Waals surface area contributed by atoms with Crippen LogP contribution in [0.15, 0.2) is 29.5 Å². The Bertz CT molecular complexity index is 932. The molecule has 0 aromatic carbocycles. The highest BCUT2D eigenvalue weighted by molar-refractivity contribution is 7.89. The third kappa shape index (κ3) is 10.8. The van der Waals surface area contributed by atoms with Gasteiger partial charge in [-0.3, -0.25) is 9.82 Å². The molecule has 13 heteroatoms. The van der Waals surface area contributed by atoms with Crippen LogP contribution >= 0.6 is 0 Å². The molecule has 0 spiro atoms. The number of halogens is 3. The van der Waals surface area contributed by atoms with Crippen molar-refractivity contribution in [2.24, 2.45) is 16.6 Å². The minimum Gasteiger partial charge on any atom is -0.369 e. The molecule has 1 aromatic heterocycles. The van der Waals surface area contributed by atoms with Gasteiger partial charge in [0.2, 0.25) is 22.2 Å². The molecule has 2 N–H and O–H groups in total.